The number of benzene rings is 2. The summed E-state index contributed by atoms with van der Waals surface area (Å²) in [6.45, 7) is 2.18. The van der Waals surface area contributed by atoms with Crippen molar-refractivity contribution in [2.24, 2.45) is 5.92 Å². The Labute approximate surface area is 206 Å². The number of carboxylic acid groups (broad SMARTS) is 1. The van der Waals surface area contributed by atoms with E-state index in [2.05, 4.69) is 34.9 Å². The van der Waals surface area contributed by atoms with E-state index in [1.54, 1.807) is 0 Å². The first-order valence-corrected chi connectivity index (χ1v) is 12.6. The SMILES string of the molecule is CCC[C@H](CC(=O)O)NC(=O)[C@@H]1CCCC[C@@H]1NC(=O)OCC1c2ccccc2-c2ccccc21. The summed E-state index contributed by atoms with van der Waals surface area (Å²) in [7, 11) is 0. The molecule has 3 N–H and O–H groups in total. The molecule has 2 aliphatic rings. The number of hydrogen-bond acceptors (Lipinski definition) is 4. The van der Waals surface area contributed by atoms with Crippen molar-refractivity contribution in [2.75, 3.05) is 6.61 Å². The number of hydrogen-bond donors (Lipinski definition) is 3. The minimum absolute atomic E-state index is 0.0237. The molecule has 0 heterocycles. The van der Waals surface area contributed by atoms with Crippen LogP contribution >= 0.6 is 0 Å². The summed E-state index contributed by atoms with van der Waals surface area (Å²) in [4.78, 5) is 37.0. The Bertz CT molecular complexity index is 1020. The number of ether oxygens (including phenoxy) is 1. The van der Waals surface area contributed by atoms with Crippen LogP contribution < -0.4 is 10.6 Å². The number of carboxylic acids is 1. The van der Waals surface area contributed by atoms with Gasteiger partial charge < -0.3 is 20.5 Å². The zero-order chi connectivity index (χ0) is 24.8. The van der Waals surface area contributed by atoms with E-state index in [9.17, 15) is 14.4 Å². The van der Waals surface area contributed by atoms with E-state index in [1.807, 2.05) is 31.2 Å². The molecule has 35 heavy (non-hydrogen) atoms. The molecular weight excluding hydrogens is 444 g/mol. The molecule has 0 unspecified atom stereocenters. The molecule has 0 saturated heterocycles. The number of fused-ring (bicyclic) bond motifs is 3. The van der Waals surface area contributed by atoms with Gasteiger partial charge in [-0.15, -0.1) is 0 Å². The topological polar surface area (TPSA) is 105 Å². The Balaban J connectivity index is 1.37. The Morgan fingerprint density at radius 3 is 2.26 bits per heavy atom. The fourth-order valence-corrected chi connectivity index (χ4v) is 5.50. The first kappa shape index (κ1) is 24.8. The third kappa shape index (κ3) is 5.84. The van der Waals surface area contributed by atoms with Gasteiger partial charge in [-0.25, -0.2) is 4.79 Å². The van der Waals surface area contributed by atoms with E-state index in [0.717, 1.165) is 30.4 Å². The molecular formula is C28H34N2O5. The van der Waals surface area contributed by atoms with Gasteiger partial charge in [0, 0.05) is 18.0 Å². The lowest BCUT2D eigenvalue weighted by molar-refractivity contribution is -0.138. The molecule has 0 spiro atoms. The molecule has 0 bridgehead atoms. The summed E-state index contributed by atoms with van der Waals surface area (Å²) in [5, 5.41) is 15.0. The molecule has 2 aromatic rings. The van der Waals surface area contributed by atoms with Gasteiger partial charge in [-0.1, -0.05) is 74.7 Å². The van der Waals surface area contributed by atoms with Gasteiger partial charge in [0.2, 0.25) is 5.91 Å². The Morgan fingerprint density at radius 1 is 1.00 bits per heavy atom. The molecule has 2 amide bonds. The lowest BCUT2D eigenvalue weighted by Gasteiger charge is -2.32. The third-order valence-electron chi connectivity index (χ3n) is 7.15. The largest absolute Gasteiger partial charge is 0.481 e. The molecule has 7 nitrogen and oxygen atoms in total. The predicted molar refractivity (Wildman–Crippen MR) is 133 cm³/mol. The molecule has 186 valence electrons. The Morgan fingerprint density at radius 2 is 1.63 bits per heavy atom. The van der Waals surface area contributed by atoms with Crippen molar-refractivity contribution >= 4 is 18.0 Å². The zero-order valence-electron chi connectivity index (χ0n) is 20.2. The van der Waals surface area contributed by atoms with Crippen LogP contribution in [0.4, 0.5) is 4.79 Å². The third-order valence-corrected chi connectivity index (χ3v) is 7.15. The molecule has 2 aromatic carbocycles. The van der Waals surface area contributed by atoms with Crippen LogP contribution in [-0.4, -0.2) is 41.8 Å². The van der Waals surface area contributed by atoms with Gasteiger partial charge in [0.1, 0.15) is 6.61 Å². The quantitative estimate of drug-likeness (QED) is 0.478. The van der Waals surface area contributed by atoms with Crippen LogP contribution in [0.1, 0.15) is 68.9 Å². The van der Waals surface area contributed by atoms with Gasteiger partial charge >= 0.3 is 12.1 Å². The van der Waals surface area contributed by atoms with Crippen LogP contribution in [0.5, 0.6) is 0 Å². The number of carbonyl (C=O) groups excluding carboxylic acids is 2. The summed E-state index contributed by atoms with van der Waals surface area (Å²) in [6.07, 6.45) is 3.94. The lowest BCUT2D eigenvalue weighted by Crippen LogP contribution is -2.50. The number of nitrogens with one attached hydrogen (secondary N) is 2. The number of carbonyl (C=O) groups is 3. The predicted octanol–water partition coefficient (Wildman–Crippen LogP) is 4.84. The maximum absolute atomic E-state index is 13.0. The molecule has 0 radical (unpaired) electrons. The van der Waals surface area contributed by atoms with Crippen molar-refractivity contribution in [2.45, 2.75) is 69.9 Å². The highest BCUT2D eigenvalue weighted by atomic mass is 16.5. The molecule has 1 fully saturated rings. The van der Waals surface area contributed by atoms with Crippen molar-refractivity contribution in [3.63, 3.8) is 0 Å². The fraction of sp³-hybridized carbons (Fsp3) is 0.464. The molecule has 0 aromatic heterocycles. The van der Waals surface area contributed by atoms with Crippen LogP contribution in [0.25, 0.3) is 11.1 Å². The normalized spacial score (nSPS) is 19.8. The molecule has 0 aliphatic heterocycles. The maximum atomic E-state index is 13.0. The summed E-state index contributed by atoms with van der Waals surface area (Å²) < 4.78 is 5.68. The summed E-state index contributed by atoms with van der Waals surface area (Å²) >= 11 is 0. The minimum atomic E-state index is -0.930. The standard InChI is InChI=1S/C28H34N2O5/c1-2-9-18(16-26(31)32)29-27(33)23-14-7-8-15-25(23)30-28(34)35-17-24-21-12-5-3-10-19(21)20-11-4-6-13-22(20)24/h3-6,10-13,18,23-25H,2,7-9,14-17H2,1H3,(H,29,33)(H,30,34)(H,31,32)/t18-,23-,25+/m1/s1. The Kier molecular flexibility index (Phi) is 8.06. The van der Waals surface area contributed by atoms with E-state index in [4.69, 9.17) is 9.84 Å². The van der Waals surface area contributed by atoms with Crippen LogP contribution in [0.2, 0.25) is 0 Å². The van der Waals surface area contributed by atoms with Gasteiger partial charge in [0.15, 0.2) is 0 Å². The minimum Gasteiger partial charge on any atom is -0.481 e. The van der Waals surface area contributed by atoms with E-state index in [-0.39, 0.29) is 30.9 Å². The molecule has 7 heteroatoms. The van der Waals surface area contributed by atoms with Crippen molar-refractivity contribution in [3.8, 4) is 11.1 Å². The first-order chi connectivity index (χ1) is 17.0. The van der Waals surface area contributed by atoms with Crippen molar-refractivity contribution in [1.29, 1.82) is 0 Å². The summed E-state index contributed by atoms with van der Waals surface area (Å²) in [6, 6.07) is 15.6. The number of aliphatic carboxylic acids is 1. The van der Waals surface area contributed by atoms with E-state index < -0.39 is 24.0 Å². The van der Waals surface area contributed by atoms with Crippen LogP contribution in [0.15, 0.2) is 48.5 Å². The van der Waals surface area contributed by atoms with Gasteiger partial charge in [0.25, 0.3) is 0 Å². The van der Waals surface area contributed by atoms with E-state index in [1.165, 1.54) is 11.1 Å². The highest BCUT2D eigenvalue weighted by Crippen LogP contribution is 2.44. The molecule has 4 rings (SSSR count). The van der Waals surface area contributed by atoms with Gasteiger partial charge in [0.05, 0.1) is 12.3 Å². The second-order valence-corrected chi connectivity index (χ2v) is 9.56. The van der Waals surface area contributed by atoms with Crippen molar-refractivity contribution in [3.05, 3.63) is 59.7 Å². The van der Waals surface area contributed by atoms with Gasteiger partial charge in [-0.2, -0.15) is 0 Å². The lowest BCUT2D eigenvalue weighted by atomic mass is 9.83. The van der Waals surface area contributed by atoms with Crippen LogP contribution in [0.3, 0.4) is 0 Å². The van der Waals surface area contributed by atoms with Crippen LogP contribution in [0, 0.1) is 5.92 Å². The smallest absolute Gasteiger partial charge is 0.407 e. The summed E-state index contributed by atoms with van der Waals surface area (Å²) in [5.41, 5.74) is 4.64. The zero-order valence-corrected chi connectivity index (χ0v) is 20.2. The second kappa shape index (κ2) is 11.4. The highest BCUT2D eigenvalue weighted by molar-refractivity contribution is 5.82. The van der Waals surface area contributed by atoms with Gasteiger partial charge in [-0.3, -0.25) is 9.59 Å². The molecule has 2 aliphatic carbocycles. The molecule has 1 saturated carbocycles. The van der Waals surface area contributed by atoms with E-state index in [0.29, 0.717) is 19.3 Å². The summed E-state index contributed by atoms with van der Waals surface area (Å²) in [5.74, 6) is -1.53. The number of amides is 2. The van der Waals surface area contributed by atoms with Gasteiger partial charge in [-0.05, 0) is 41.5 Å². The first-order valence-electron chi connectivity index (χ1n) is 12.6. The van der Waals surface area contributed by atoms with Crippen molar-refractivity contribution < 1.29 is 24.2 Å². The second-order valence-electron chi connectivity index (χ2n) is 9.56. The average Bonchev–Trinajstić information content (AvgIpc) is 3.16. The monoisotopic (exact) mass is 478 g/mol. The van der Waals surface area contributed by atoms with Crippen LogP contribution in [-0.2, 0) is 14.3 Å². The maximum Gasteiger partial charge on any atom is 0.407 e. The van der Waals surface area contributed by atoms with E-state index >= 15 is 0 Å². The average molecular weight is 479 g/mol. The Hall–Kier alpha value is -3.35. The molecule has 3 atom stereocenters. The highest BCUT2D eigenvalue weighted by Gasteiger charge is 2.34. The fourth-order valence-electron chi connectivity index (χ4n) is 5.50. The van der Waals surface area contributed by atoms with Crippen molar-refractivity contribution in [1.82, 2.24) is 10.6 Å². The number of rotatable bonds is 9. The number of alkyl carbamates (subject to hydrolysis) is 1.